The molecular weight excluding hydrogens is 578 g/mol. The van der Waals surface area contributed by atoms with Crippen molar-refractivity contribution in [3.63, 3.8) is 0 Å². The molecule has 0 amide bonds. The van der Waals surface area contributed by atoms with Crippen LogP contribution in [0.4, 0.5) is 8.78 Å². The summed E-state index contributed by atoms with van der Waals surface area (Å²) in [6.07, 6.45) is 3.27. The van der Waals surface area contributed by atoms with Gasteiger partial charge in [-0.1, -0.05) is 35.0 Å². The number of hydrogen-bond donors (Lipinski definition) is 0. The molecule has 0 aliphatic heterocycles. The molecule has 0 aliphatic carbocycles. The number of pyridine rings is 2. The van der Waals surface area contributed by atoms with E-state index in [0.717, 1.165) is 35.6 Å². The second-order valence-electron chi connectivity index (χ2n) is 6.56. The molecular formula is C23H18F2IrN4O-2. The number of rotatable bonds is 3. The fourth-order valence-electron chi connectivity index (χ4n) is 2.71. The van der Waals surface area contributed by atoms with Crippen LogP contribution in [0, 0.1) is 31.5 Å². The molecule has 4 aromatic rings. The first-order valence-electron chi connectivity index (χ1n) is 9.09. The van der Waals surface area contributed by atoms with Gasteiger partial charge in [0.25, 0.3) is 0 Å². The first-order chi connectivity index (χ1) is 14.4. The van der Waals surface area contributed by atoms with Crippen molar-refractivity contribution in [1.29, 1.82) is 0 Å². The smallest absolute Gasteiger partial charge is 0.147 e. The minimum atomic E-state index is -0.916. The molecule has 3 aromatic heterocycles. The minimum Gasteiger partial charge on any atom is -0.574 e. The summed E-state index contributed by atoms with van der Waals surface area (Å²) in [7, 11) is 0. The number of Topliss-reactive ketones (excluding diaryl/α,β-unsaturated/α-hetero) is 1. The van der Waals surface area contributed by atoms with Crippen LogP contribution < -0.4 is 5.10 Å². The molecule has 0 unspecified atom stereocenters. The molecule has 1 aromatic carbocycles. The molecule has 0 bridgehead atoms. The zero-order chi connectivity index (χ0) is 21.7. The van der Waals surface area contributed by atoms with Crippen LogP contribution >= 0.6 is 0 Å². The molecule has 1 radical (unpaired) electrons. The van der Waals surface area contributed by atoms with Gasteiger partial charge in [-0.3, -0.25) is 18.6 Å². The monoisotopic (exact) mass is 597 g/mol. The number of ketones is 1. The summed E-state index contributed by atoms with van der Waals surface area (Å²) in [5.41, 5.74) is 3.32. The largest absolute Gasteiger partial charge is 0.574 e. The molecule has 4 rings (SSSR count). The second-order valence-corrected chi connectivity index (χ2v) is 6.56. The van der Waals surface area contributed by atoms with Gasteiger partial charge in [0, 0.05) is 49.5 Å². The average molecular weight is 597 g/mol. The van der Waals surface area contributed by atoms with Crippen molar-refractivity contribution in [3.05, 3.63) is 89.4 Å². The van der Waals surface area contributed by atoms with Gasteiger partial charge in [-0.15, -0.1) is 12.1 Å². The third-order valence-electron chi connectivity index (χ3n) is 4.13. The van der Waals surface area contributed by atoms with E-state index in [1.807, 2.05) is 38.1 Å². The molecule has 0 saturated heterocycles. The maximum Gasteiger partial charge on any atom is 0.147 e. The third kappa shape index (κ3) is 5.96. The van der Waals surface area contributed by atoms with Crippen LogP contribution in [0.5, 0.6) is 0 Å². The van der Waals surface area contributed by atoms with Crippen LogP contribution in [0.3, 0.4) is 0 Å². The normalized spacial score (nSPS) is 9.97. The predicted molar refractivity (Wildman–Crippen MR) is 109 cm³/mol. The van der Waals surface area contributed by atoms with Gasteiger partial charge in [-0.25, -0.2) is 0 Å². The zero-order valence-corrected chi connectivity index (χ0v) is 19.4. The van der Waals surface area contributed by atoms with Crippen molar-refractivity contribution in [1.82, 2.24) is 20.2 Å². The molecule has 161 valence electrons. The molecule has 0 aliphatic rings. The summed E-state index contributed by atoms with van der Waals surface area (Å²) in [6, 6.07) is 14.5. The fraction of sp³-hybridized carbons (Fsp3) is 0.130. The molecule has 0 fully saturated rings. The molecule has 0 atom stereocenters. The summed E-state index contributed by atoms with van der Waals surface area (Å²) >= 11 is 0. The van der Waals surface area contributed by atoms with Crippen LogP contribution in [-0.4, -0.2) is 20.8 Å². The molecule has 8 heteroatoms. The topological polar surface area (TPSA) is 69.8 Å². The quantitative estimate of drug-likeness (QED) is 0.253. The van der Waals surface area contributed by atoms with E-state index in [1.54, 1.807) is 18.3 Å². The molecule has 0 spiro atoms. The van der Waals surface area contributed by atoms with Gasteiger partial charge in [-0.2, -0.15) is 0 Å². The SMILES string of the molecule is CC(=O)c1c(F)c[c-]c(-c2cc(C)ccn2)c1F.Cc1cc(-c2ccccn2)[n-]n1.[Ir]. The summed E-state index contributed by atoms with van der Waals surface area (Å²) in [5.74, 6) is -2.48. The average Bonchev–Trinajstić information content (AvgIpc) is 3.15. The van der Waals surface area contributed by atoms with Crippen molar-refractivity contribution < 1.29 is 33.7 Å². The number of nitrogens with zero attached hydrogens (tertiary/aromatic N) is 4. The van der Waals surface area contributed by atoms with Gasteiger partial charge in [0.1, 0.15) is 5.78 Å². The van der Waals surface area contributed by atoms with Gasteiger partial charge in [0.05, 0.1) is 11.6 Å². The van der Waals surface area contributed by atoms with Gasteiger partial charge < -0.3 is 15.2 Å². The Kier molecular flexibility index (Phi) is 8.42. The molecule has 0 saturated carbocycles. The van der Waals surface area contributed by atoms with Gasteiger partial charge >= 0.3 is 0 Å². The van der Waals surface area contributed by atoms with E-state index in [9.17, 15) is 13.6 Å². The molecule has 3 heterocycles. The number of halogens is 2. The van der Waals surface area contributed by atoms with E-state index in [0.29, 0.717) is 5.69 Å². The van der Waals surface area contributed by atoms with Gasteiger partial charge in [0.2, 0.25) is 0 Å². The van der Waals surface area contributed by atoms with Crippen LogP contribution in [0.15, 0.2) is 54.9 Å². The van der Waals surface area contributed by atoms with Crippen LogP contribution in [-0.2, 0) is 20.1 Å². The summed E-state index contributed by atoms with van der Waals surface area (Å²) in [5, 5.41) is 7.88. The Morgan fingerprint density at radius 3 is 2.35 bits per heavy atom. The number of hydrogen-bond acceptors (Lipinski definition) is 4. The number of benzene rings is 1. The van der Waals surface area contributed by atoms with Crippen molar-refractivity contribution >= 4 is 5.78 Å². The summed E-state index contributed by atoms with van der Waals surface area (Å²) in [4.78, 5) is 19.4. The second kappa shape index (κ2) is 10.8. The van der Waals surface area contributed by atoms with E-state index in [2.05, 4.69) is 26.2 Å². The van der Waals surface area contributed by atoms with Crippen molar-refractivity contribution in [2.24, 2.45) is 0 Å². The van der Waals surface area contributed by atoms with E-state index in [1.165, 1.54) is 6.20 Å². The Hall–Kier alpha value is -3.09. The Labute approximate surface area is 192 Å². The van der Waals surface area contributed by atoms with Gasteiger partial charge in [-0.05, 0) is 44.7 Å². The molecule has 5 nitrogen and oxygen atoms in total. The fourth-order valence-corrected chi connectivity index (χ4v) is 2.71. The Morgan fingerprint density at radius 1 is 1.03 bits per heavy atom. The zero-order valence-electron chi connectivity index (χ0n) is 17.0. The minimum absolute atomic E-state index is 0. The summed E-state index contributed by atoms with van der Waals surface area (Å²) in [6.45, 7) is 4.87. The van der Waals surface area contributed by atoms with Crippen molar-refractivity contribution in [2.75, 3.05) is 0 Å². The Balaban J connectivity index is 0.000000229. The number of carbonyl (C=O) groups is 1. The standard InChI is InChI=1S/C14H10F2NO.C9H8N3.Ir/c1-8-5-6-17-12(7-8)10-3-4-11(15)13(9(2)18)14(10)16;1-7-6-9(12-11-7)8-4-2-3-5-10-8;/h4-7H,1-2H3;2-6H,1H3;/q2*-1;. The van der Waals surface area contributed by atoms with Crippen LogP contribution in [0.1, 0.15) is 28.5 Å². The summed E-state index contributed by atoms with van der Waals surface area (Å²) < 4.78 is 27.4. The van der Waals surface area contributed by atoms with Crippen LogP contribution in [0.25, 0.3) is 22.6 Å². The van der Waals surface area contributed by atoms with Crippen LogP contribution in [0.2, 0.25) is 0 Å². The van der Waals surface area contributed by atoms with E-state index < -0.39 is 23.0 Å². The Morgan fingerprint density at radius 2 is 1.77 bits per heavy atom. The van der Waals surface area contributed by atoms with E-state index in [4.69, 9.17) is 0 Å². The number of aromatic nitrogens is 4. The first-order valence-corrected chi connectivity index (χ1v) is 9.09. The predicted octanol–water partition coefficient (Wildman–Crippen LogP) is 4.74. The van der Waals surface area contributed by atoms with E-state index >= 15 is 0 Å². The van der Waals surface area contributed by atoms with Gasteiger partial charge in [0.15, 0.2) is 0 Å². The Bertz CT molecular complexity index is 1180. The number of carbonyl (C=O) groups excluding carboxylic acids is 1. The molecule has 0 N–H and O–H groups in total. The van der Waals surface area contributed by atoms with Crippen molar-refractivity contribution in [2.45, 2.75) is 20.8 Å². The molecule has 31 heavy (non-hydrogen) atoms. The number of aryl methyl sites for hydroxylation is 2. The maximum atomic E-state index is 14.1. The van der Waals surface area contributed by atoms with Crippen molar-refractivity contribution in [3.8, 4) is 22.6 Å². The van der Waals surface area contributed by atoms with E-state index in [-0.39, 0.29) is 25.7 Å². The third-order valence-corrected chi connectivity index (χ3v) is 4.13. The first kappa shape index (κ1) is 24.2. The maximum absolute atomic E-state index is 14.1.